The Morgan fingerprint density at radius 3 is 2.46 bits per heavy atom. The summed E-state index contributed by atoms with van der Waals surface area (Å²) in [6.45, 7) is 0. The second-order valence-corrected chi connectivity index (χ2v) is 6.75. The summed E-state index contributed by atoms with van der Waals surface area (Å²) in [6, 6.07) is 14.6. The smallest absolute Gasteiger partial charge is 0.163 e. The number of rotatable bonds is 3. The number of nitrogens with one attached hydrogen (secondary N) is 1. The molecule has 2 aromatic carbocycles. The molecule has 0 aliphatic rings. The maximum Gasteiger partial charge on any atom is 0.163 e. The van der Waals surface area contributed by atoms with E-state index in [1.54, 1.807) is 30.6 Å². The summed E-state index contributed by atoms with van der Waals surface area (Å²) in [7, 11) is 0. The van der Waals surface area contributed by atoms with Gasteiger partial charge in [-0.25, -0.2) is 9.97 Å². The zero-order chi connectivity index (χ0) is 18.1. The van der Waals surface area contributed by atoms with Crippen LogP contribution in [0.15, 0.2) is 60.9 Å². The third-order valence-corrected chi connectivity index (χ3v) is 4.82. The summed E-state index contributed by atoms with van der Waals surface area (Å²) in [5.74, 6) is 1.15. The molecule has 0 bridgehead atoms. The number of halogens is 3. The molecule has 0 spiro atoms. The van der Waals surface area contributed by atoms with Crippen LogP contribution in [0.25, 0.3) is 22.3 Å². The normalized spacial score (nSPS) is 10.9. The number of hydrogen-bond acceptors (Lipinski definition) is 4. The Bertz CT molecular complexity index is 1100. The first-order valence-electron chi connectivity index (χ1n) is 7.70. The number of benzene rings is 2. The van der Waals surface area contributed by atoms with Crippen molar-refractivity contribution in [1.29, 1.82) is 0 Å². The molecule has 4 aromatic rings. The van der Waals surface area contributed by atoms with Crippen LogP contribution in [0.3, 0.4) is 0 Å². The Labute approximate surface area is 164 Å². The molecule has 4 nitrogen and oxygen atoms in total. The second kappa shape index (κ2) is 7.08. The highest BCUT2D eigenvalue weighted by Gasteiger charge is 2.12. The number of para-hydroxylation sites is 1. The van der Waals surface area contributed by atoms with Gasteiger partial charge in [-0.3, -0.25) is 4.98 Å². The van der Waals surface area contributed by atoms with Gasteiger partial charge in [0.2, 0.25) is 0 Å². The van der Waals surface area contributed by atoms with E-state index in [1.807, 2.05) is 30.3 Å². The molecule has 128 valence electrons. The highest BCUT2D eigenvalue weighted by Crippen LogP contribution is 2.32. The maximum absolute atomic E-state index is 6.37. The standard InChI is InChI=1S/C19H11Cl3N4/c20-14-7-6-12(9-16(14)22)24-19-13-4-1-5-15(21)17(13)25-18(26-19)11-3-2-8-23-10-11/h1-10H,(H,24,25,26). The first kappa shape index (κ1) is 17.0. The van der Waals surface area contributed by atoms with Crippen LogP contribution in [0.1, 0.15) is 0 Å². The molecule has 0 radical (unpaired) electrons. The fourth-order valence-electron chi connectivity index (χ4n) is 2.55. The van der Waals surface area contributed by atoms with Crippen molar-refractivity contribution in [2.24, 2.45) is 0 Å². The predicted molar refractivity (Wildman–Crippen MR) is 108 cm³/mol. The van der Waals surface area contributed by atoms with Crippen LogP contribution in [-0.4, -0.2) is 15.0 Å². The predicted octanol–water partition coefficient (Wildman–Crippen LogP) is 6.40. The molecular formula is C19H11Cl3N4. The van der Waals surface area contributed by atoms with Crippen LogP contribution in [0.4, 0.5) is 11.5 Å². The van der Waals surface area contributed by atoms with Gasteiger partial charge in [-0.2, -0.15) is 0 Å². The number of anilines is 2. The molecule has 1 N–H and O–H groups in total. The molecule has 2 heterocycles. The van der Waals surface area contributed by atoms with E-state index < -0.39 is 0 Å². The number of hydrogen-bond donors (Lipinski definition) is 1. The molecule has 0 saturated heterocycles. The average molecular weight is 402 g/mol. The number of pyridine rings is 1. The van der Waals surface area contributed by atoms with Crippen molar-refractivity contribution in [3.63, 3.8) is 0 Å². The summed E-state index contributed by atoms with van der Waals surface area (Å²) < 4.78 is 0. The first-order valence-corrected chi connectivity index (χ1v) is 8.84. The SMILES string of the molecule is Clc1ccc(Nc2nc(-c3cccnc3)nc3c(Cl)cccc23)cc1Cl. The molecule has 0 atom stereocenters. The van der Waals surface area contributed by atoms with Gasteiger partial charge in [-0.15, -0.1) is 0 Å². The quantitative estimate of drug-likeness (QED) is 0.432. The van der Waals surface area contributed by atoms with Gasteiger partial charge in [0.25, 0.3) is 0 Å². The molecule has 0 saturated carbocycles. The van der Waals surface area contributed by atoms with Crippen LogP contribution in [0, 0.1) is 0 Å². The maximum atomic E-state index is 6.37. The zero-order valence-corrected chi connectivity index (χ0v) is 15.5. The zero-order valence-electron chi connectivity index (χ0n) is 13.2. The summed E-state index contributed by atoms with van der Waals surface area (Å²) in [6.07, 6.45) is 3.41. The van der Waals surface area contributed by atoms with Gasteiger partial charge in [-0.05, 0) is 42.5 Å². The topological polar surface area (TPSA) is 50.7 Å². The number of fused-ring (bicyclic) bond motifs is 1. The van der Waals surface area contributed by atoms with Crippen molar-refractivity contribution in [2.75, 3.05) is 5.32 Å². The van der Waals surface area contributed by atoms with E-state index in [0.29, 0.717) is 32.2 Å². The molecule has 26 heavy (non-hydrogen) atoms. The third-order valence-electron chi connectivity index (χ3n) is 3.78. The van der Waals surface area contributed by atoms with E-state index in [-0.39, 0.29) is 0 Å². The minimum absolute atomic E-state index is 0.459. The van der Waals surface area contributed by atoms with Crippen LogP contribution < -0.4 is 5.32 Å². The van der Waals surface area contributed by atoms with E-state index in [1.165, 1.54) is 0 Å². The van der Waals surface area contributed by atoms with Crippen molar-refractivity contribution in [3.8, 4) is 11.4 Å². The van der Waals surface area contributed by atoms with E-state index >= 15 is 0 Å². The Balaban J connectivity index is 1.89. The van der Waals surface area contributed by atoms with Crippen LogP contribution in [0.2, 0.25) is 15.1 Å². The van der Waals surface area contributed by atoms with Crippen LogP contribution >= 0.6 is 34.8 Å². The Hall–Kier alpha value is -2.40. The van der Waals surface area contributed by atoms with Gasteiger partial charge in [-0.1, -0.05) is 40.9 Å². The Morgan fingerprint density at radius 1 is 0.808 bits per heavy atom. The third kappa shape index (κ3) is 3.31. The van der Waals surface area contributed by atoms with Crippen molar-refractivity contribution in [2.45, 2.75) is 0 Å². The molecular weight excluding hydrogens is 391 g/mol. The second-order valence-electron chi connectivity index (χ2n) is 5.53. The summed E-state index contributed by atoms with van der Waals surface area (Å²) in [5, 5.41) is 5.58. The van der Waals surface area contributed by atoms with Gasteiger partial charge in [0.05, 0.1) is 20.6 Å². The lowest BCUT2D eigenvalue weighted by Crippen LogP contribution is -2.00. The van der Waals surface area contributed by atoms with E-state index in [9.17, 15) is 0 Å². The lowest BCUT2D eigenvalue weighted by molar-refractivity contribution is 1.20. The van der Waals surface area contributed by atoms with Gasteiger partial charge < -0.3 is 5.32 Å². The van der Waals surface area contributed by atoms with Crippen molar-refractivity contribution in [3.05, 3.63) is 76.0 Å². The van der Waals surface area contributed by atoms with Gasteiger partial charge >= 0.3 is 0 Å². The van der Waals surface area contributed by atoms with Crippen molar-refractivity contribution in [1.82, 2.24) is 15.0 Å². The molecule has 7 heteroatoms. The van der Waals surface area contributed by atoms with E-state index in [0.717, 1.165) is 16.6 Å². The summed E-state index contributed by atoms with van der Waals surface area (Å²) >= 11 is 18.5. The summed E-state index contributed by atoms with van der Waals surface area (Å²) in [5.41, 5.74) is 2.22. The summed E-state index contributed by atoms with van der Waals surface area (Å²) in [4.78, 5) is 13.4. The Kier molecular flexibility index (Phi) is 4.64. The van der Waals surface area contributed by atoms with Crippen LogP contribution in [0.5, 0.6) is 0 Å². The molecule has 0 fully saturated rings. The molecule has 2 aromatic heterocycles. The fraction of sp³-hybridized carbons (Fsp3) is 0. The van der Waals surface area contributed by atoms with Gasteiger partial charge in [0.15, 0.2) is 5.82 Å². The lowest BCUT2D eigenvalue weighted by Gasteiger charge is -2.12. The van der Waals surface area contributed by atoms with E-state index in [2.05, 4.69) is 20.3 Å². The monoisotopic (exact) mass is 400 g/mol. The number of nitrogens with zero attached hydrogens (tertiary/aromatic N) is 3. The van der Waals surface area contributed by atoms with Gasteiger partial charge in [0.1, 0.15) is 5.82 Å². The number of aromatic nitrogens is 3. The molecule has 0 aliphatic carbocycles. The first-order chi connectivity index (χ1) is 12.6. The molecule has 0 aliphatic heterocycles. The largest absolute Gasteiger partial charge is 0.340 e. The fourth-order valence-corrected chi connectivity index (χ4v) is 3.06. The minimum Gasteiger partial charge on any atom is -0.340 e. The van der Waals surface area contributed by atoms with E-state index in [4.69, 9.17) is 34.8 Å². The average Bonchev–Trinajstić information content (AvgIpc) is 2.66. The minimum atomic E-state index is 0.459. The highest BCUT2D eigenvalue weighted by atomic mass is 35.5. The Morgan fingerprint density at radius 2 is 1.69 bits per heavy atom. The molecule has 0 amide bonds. The van der Waals surface area contributed by atoms with Crippen molar-refractivity contribution < 1.29 is 0 Å². The molecule has 4 rings (SSSR count). The molecule has 0 unspecified atom stereocenters. The van der Waals surface area contributed by atoms with Crippen molar-refractivity contribution >= 4 is 57.2 Å². The lowest BCUT2D eigenvalue weighted by atomic mass is 10.2. The van der Waals surface area contributed by atoms with Gasteiger partial charge in [0, 0.05) is 29.0 Å². The highest BCUT2D eigenvalue weighted by molar-refractivity contribution is 6.42. The van der Waals surface area contributed by atoms with Crippen LogP contribution in [-0.2, 0) is 0 Å².